The van der Waals surface area contributed by atoms with Gasteiger partial charge in [-0.3, -0.25) is 0 Å². The van der Waals surface area contributed by atoms with Gasteiger partial charge < -0.3 is 0 Å². The summed E-state index contributed by atoms with van der Waals surface area (Å²) in [4.78, 5) is 0. The molecule has 0 atom stereocenters. The van der Waals surface area contributed by atoms with E-state index in [1.54, 1.807) is 64.2 Å². The number of hydrogen-bond donors (Lipinski definition) is 0. The minimum atomic E-state index is 0. The second kappa shape index (κ2) is 20.0. The summed E-state index contributed by atoms with van der Waals surface area (Å²) in [5.41, 5.74) is 0. The summed E-state index contributed by atoms with van der Waals surface area (Å²) >= 11 is 0. The second-order valence-electron chi connectivity index (χ2n) is 13.1. The Balaban J connectivity index is 0. The first-order chi connectivity index (χ1) is 15.0. The predicted molar refractivity (Wildman–Crippen MR) is 165 cm³/mol. The molecule has 0 saturated heterocycles. The average Bonchev–Trinajstić information content (AvgIpc) is 2.79. The van der Waals surface area contributed by atoms with E-state index in [1.165, 1.54) is 57.8 Å². The maximum absolute atomic E-state index is 2.45. The van der Waals surface area contributed by atoms with Gasteiger partial charge in [-0.1, -0.05) is 167 Å². The molecule has 4 aliphatic rings. The van der Waals surface area contributed by atoms with E-state index in [0.717, 1.165) is 47.3 Å². The average molecular weight is 495 g/mol. The summed E-state index contributed by atoms with van der Waals surface area (Å²) in [5, 5.41) is 0. The monoisotopic (exact) mass is 495 g/mol. The van der Waals surface area contributed by atoms with Crippen molar-refractivity contribution in [2.75, 3.05) is 0 Å². The van der Waals surface area contributed by atoms with Crippen molar-refractivity contribution in [3.63, 3.8) is 0 Å². The standard InChI is InChI=1S/C22H40.C9H18.4CH4/c1-17-3-7-19(8-4-17)15-21-11-13-22(14-12-21)16-20-9-5-18(2)6-10-20;1-3-9-6-4-8(2)5-7-9;;;;/h17-22H,3-16H2,1-2H3;8-9H,3-7H2,1-2H3;4*1H4. The number of rotatable bonds is 5. The third-order valence-electron chi connectivity index (χ3n) is 10.3. The molecule has 0 unspecified atom stereocenters. The topological polar surface area (TPSA) is 0 Å². The molecule has 4 aliphatic carbocycles. The van der Waals surface area contributed by atoms with Gasteiger partial charge in [0.05, 0.1) is 0 Å². The molecular weight excluding hydrogens is 420 g/mol. The first-order valence-electron chi connectivity index (χ1n) is 15.0. The van der Waals surface area contributed by atoms with Crippen LogP contribution in [0.5, 0.6) is 0 Å². The molecule has 35 heavy (non-hydrogen) atoms. The van der Waals surface area contributed by atoms with E-state index in [1.807, 2.05) is 0 Å². The Kier molecular flexibility index (Phi) is 21.3. The van der Waals surface area contributed by atoms with Crippen molar-refractivity contribution in [1.29, 1.82) is 0 Å². The minimum absolute atomic E-state index is 0. The van der Waals surface area contributed by atoms with Crippen LogP contribution in [0.1, 0.15) is 179 Å². The normalized spacial score (nSPS) is 37.0. The molecule has 4 rings (SSSR count). The third kappa shape index (κ3) is 13.9. The lowest BCUT2D eigenvalue weighted by Crippen LogP contribution is -2.22. The van der Waals surface area contributed by atoms with E-state index in [4.69, 9.17) is 0 Å². The molecule has 0 heteroatoms. The van der Waals surface area contributed by atoms with Crippen LogP contribution in [0.4, 0.5) is 0 Å². The molecule has 214 valence electrons. The fourth-order valence-corrected chi connectivity index (χ4v) is 7.51. The molecule has 0 aliphatic heterocycles. The van der Waals surface area contributed by atoms with E-state index < -0.39 is 0 Å². The van der Waals surface area contributed by atoms with Crippen LogP contribution in [-0.4, -0.2) is 0 Å². The van der Waals surface area contributed by atoms with Crippen LogP contribution >= 0.6 is 0 Å². The van der Waals surface area contributed by atoms with E-state index in [0.29, 0.717) is 0 Å². The van der Waals surface area contributed by atoms with Gasteiger partial charge in [0.15, 0.2) is 0 Å². The smallest absolute Gasteiger partial charge is 0.0411 e. The second-order valence-corrected chi connectivity index (χ2v) is 13.1. The largest absolute Gasteiger partial charge is 0.0776 e. The van der Waals surface area contributed by atoms with Gasteiger partial charge in [-0.05, 0) is 60.2 Å². The highest BCUT2D eigenvalue weighted by molar-refractivity contribution is 4.80. The van der Waals surface area contributed by atoms with Gasteiger partial charge in [0.25, 0.3) is 0 Å². The summed E-state index contributed by atoms with van der Waals surface area (Å²) in [6.07, 6.45) is 29.0. The lowest BCUT2D eigenvalue weighted by atomic mass is 9.70. The lowest BCUT2D eigenvalue weighted by molar-refractivity contribution is 0.168. The molecule has 0 heterocycles. The molecule has 0 N–H and O–H groups in total. The van der Waals surface area contributed by atoms with Gasteiger partial charge in [-0.25, -0.2) is 0 Å². The molecule has 0 amide bonds. The van der Waals surface area contributed by atoms with Crippen LogP contribution in [0.3, 0.4) is 0 Å². The Hall–Kier alpha value is 0. The van der Waals surface area contributed by atoms with Gasteiger partial charge in [0.1, 0.15) is 0 Å². The zero-order valence-corrected chi connectivity index (χ0v) is 22.1. The van der Waals surface area contributed by atoms with E-state index in [2.05, 4.69) is 27.7 Å². The zero-order valence-electron chi connectivity index (χ0n) is 22.1. The molecule has 0 aromatic heterocycles. The third-order valence-corrected chi connectivity index (χ3v) is 10.3. The molecule has 4 saturated carbocycles. The Morgan fingerprint density at radius 2 is 0.543 bits per heavy atom. The fraction of sp³-hybridized carbons (Fsp3) is 1.00. The van der Waals surface area contributed by atoms with Crippen LogP contribution in [0, 0.1) is 47.3 Å². The van der Waals surface area contributed by atoms with Crippen molar-refractivity contribution in [2.45, 2.75) is 179 Å². The maximum atomic E-state index is 2.45. The summed E-state index contributed by atoms with van der Waals surface area (Å²) in [5.74, 6) is 8.52. The zero-order chi connectivity index (χ0) is 22.1. The first-order valence-corrected chi connectivity index (χ1v) is 15.0. The summed E-state index contributed by atoms with van der Waals surface area (Å²) < 4.78 is 0. The van der Waals surface area contributed by atoms with Crippen LogP contribution < -0.4 is 0 Å². The van der Waals surface area contributed by atoms with E-state index >= 15 is 0 Å². The fourth-order valence-electron chi connectivity index (χ4n) is 7.51. The molecule has 0 aromatic carbocycles. The van der Waals surface area contributed by atoms with Crippen molar-refractivity contribution in [3.8, 4) is 0 Å². The molecular formula is C35H74. The quantitative estimate of drug-likeness (QED) is 0.356. The van der Waals surface area contributed by atoms with Crippen molar-refractivity contribution in [1.82, 2.24) is 0 Å². The molecule has 0 radical (unpaired) electrons. The highest BCUT2D eigenvalue weighted by Gasteiger charge is 2.28. The predicted octanol–water partition coefficient (Wildman–Crippen LogP) is 13.0. The highest BCUT2D eigenvalue weighted by Crippen LogP contribution is 2.41. The van der Waals surface area contributed by atoms with Crippen LogP contribution in [0.2, 0.25) is 0 Å². The summed E-state index contributed by atoms with van der Waals surface area (Å²) in [6.45, 7) is 9.60. The van der Waals surface area contributed by atoms with Crippen molar-refractivity contribution in [2.24, 2.45) is 47.3 Å². The first kappa shape index (κ1) is 37.2. The van der Waals surface area contributed by atoms with E-state index in [9.17, 15) is 0 Å². The number of hydrogen-bond acceptors (Lipinski definition) is 0. The van der Waals surface area contributed by atoms with Crippen molar-refractivity contribution >= 4 is 0 Å². The highest BCUT2D eigenvalue weighted by atomic mass is 14.3. The molecule has 4 fully saturated rings. The SMILES string of the molecule is C.C.C.C.CC1CCC(CC2CCC(CC3CCC(C)CC3)CC2)CC1.CCC1CCC(C)CC1. The van der Waals surface area contributed by atoms with Gasteiger partial charge >= 0.3 is 0 Å². The van der Waals surface area contributed by atoms with Crippen LogP contribution in [0.15, 0.2) is 0 Å². The maximum Gasteiger partial charge on any atom is -0.0411 e. The van der Waals surface area contributed by atoms with Crippen LogP contribution in [-0.2, 0) is 0 Å². The van der Waals surface area contributed by atoms with Crippen LogP contribution in [0.25, 0.3) is 0 Å². The van der Waals surface area contributed by atoms with Crippen molar-refractivity contribution < 1.29 is 0 Å². The lowest BCUT2D eigenvalue weighted by Gasteiger charge is -2.35. The Morgan fingerprint density at radius 1 is 0.343 bits per heavy atom. The summed E-state index contributed by atoms with van der Waals surface area (Å²) in [7, 11) is 0. The van der Waals surface area contributed by atoms with Crippen molar-refractivity contribution in [3.05, 3.63) is 0 Å². The van der Waals surface area contributed by atoms with Gasteiger partial charge in [-0.2, -0.15) is 0 Å². The van der Waals surface area contributed by atoms with Gasteiger partial charge in [0.2, 0.25) is 0 Å². The molecule has 0 spiro atoms. The Morgan fingerprint density at radius 3 is 0.771 bits per heavy atom. The Labute approximate surface area is 226 Å². The molecule has 0 aromatic rings. The summed E-state index contributed by atoms with van der Waals surface area (Å²) in [6, 6.07) is 0. The minimum Gasteiger partial charge on any atom is -0.0776 e. The van der Waals surface area contributed by atoms with E-state index in [-0.39, 0.29) is 29.7 Å². The molecule has 0 nitrogen and oxygen atoms in total. The molecule has 0 bridgehead atoms. The Bertz CT molecular complexity index is 403. The van der Waals surface area contributed by atoms with Gasteiger partial charge in [0, 0.05) is 0 Å². The van der Waals surface area contributed by atoms with Gasteiger partial charge in [-0.15, -0.1) is 0 Å².